The number of hydrogen-bond donors (Lipinski definition) is 0. The number of pyridine rings is 1. The average molecular weight is 335 g/mol. The standard InChI is InChI=1S/C16H19BrN2O/c1-4-20-14-7-5-13(6-8-14)11-19(3)16-9-12(2)15(17)10-18-16/h5-10H,4,11H2,1-3H3. The summed E-state index contributed by atoms with van der Waals surface area (Å²) >= 11 is 3.47. The maximum absolute atomic E-state index is 5.45. The van der Waals surface area contributed by atoms with Crippen LogP contribution in [0.5, 0.6) is 5.75 Å². The zero-order valence-electron chi connectivity index (χ0n) is 12.1. The van der Waals surface area contributed by atoms with Crippen LogP contribution in [0, 0.1) is 6.92 Å². The topological polar surface area (TPSA) is 25.4 Å². The van der Waals surface area contributed by atoms with Crippen molar-refractivity contribution < 1.29 is 4.74 Å². The lowest BCUT2D eigenvalue weighted by Crippen LogP contribution is -2.17. The summed E-state index contributed by atoms with van der Waals surface area (Å²) in [6.07, 6.45) is 1.85. The molecule has 4 heteroatoms. The second-order valence-corrected chi connectivity index (χ2v) is 5.58. The van der Waals surface area contributed by atoms with E-state index in [0.717, 1.165) is 22.6 Å². The molecule has 0 fully saturated rings. The van der Waals surface area contributed by atoms with Gasteiger partial charge in [-0.2, -0.15) is 0 Å². The SMILES string of the molecule is CCOc1ccc(CN(C)c2cc(C)c(Br)cn2)cc1. The average Bonchev–Trinajstić information content (AvgIpc) is 2.44. The lowest BCUT2D eigenvalue weighted by Gasteiger charge is -2.19. The first-order chi connectivity index (χ1) is 9.60. The van der Waals surface area contributed by atoms with E-state index in [4.69, 9.17) is 4.74 Å². The van der Waals surface area contributed by atoms with E-state index in [9.17, 15) is 0 Å². The van der Waals surface area contributed by atoms with E-state index in [1.165, 1.54) is 11.1 Å². The highest BCUT2D eigenvalue weighted by Crippen LogP contribution is 2.21. The summed E-state index contributed by atoms with van der Waals surface area (Å²) in [6, 6.07) is 10.3. The monoisotopic (exact) mass is 334 g/mol. The Morgan fingerprint density at radius 3 is 2.55 bits per heavy atom. The number of halogens is 1. The Morgan fingerprint density at radius 2 is 1.95 bits per heavy atom. The van der Waals surface area contributed by atoms with Crippen LogP contribution in [0.15, 0.2) is 41.0 Å². The molecule has 0 amide bonds. The molecular weight excluding hydrogens is 316 g/mol. The highest BCUT2D eigenvalue weighted by atomic mass is 79.9. The summed E-state index contributed by atoms with van der Waals surface area (Å²) in [5.41, 5.74) is 2.42. The molecule has 106 valence electrons. The van der Waals surface area contributed by atoms with Gasteiger partial charge in [-0.1, -0.05) is 12.1 Å². The van der Waals surface area contributed by atoms with Crippen molar-refractivity contribution in [2.75, 3.05) is 18.6 Å². The van der Waals surface area contributed by atoms with Crippen molar-refractivity contribution in [1.82, 2.24) is 4.98 Å². The summed E-state index contributed by atoms with van der Waals surface area (Å²) in [5, 5.41) is 0. The van der Waals surface area contributed by atoms with Crippen LogP contribution in [0.25, 0.3) is 0 Å². The Morgan fingerprint density at radius 1 is 1.25 bits per heavy atom. The number of anilines is 1. The van der Waals surface area contributed by atoms with Crippen LogP contribution >= 0.6 is 15.9 Å². The maximum Gasteiger partial charge on any atom is 0.128 e. The second-order valence-electron chi connectivity index (χ2n) is 4.72. The molecule has 0 unspecified atom stereocenters. The van der Waals surface area contributed by atoms with Gasteiger partial charge in [0.25, 0.3) is 0 Å². The lowest BCUT2D eigenvalue weighted by atomic mass is 10.2. The molecule has 0 bridgehead atoms. The number of aryl methyl sites for hydroxylation is 1. The van der Waals surface area contributed by atoms with Crippen LogP contribution < -0.4 is 9.64 Å². The lowest BCUT2D eigenvalue weighted by molar-refractivity contribution is 0.340. The van der Waals surface area contributed by atoms with E-state index < -0.39 is 0 Å². The molecule has 1 aromatic heterocycles. The molecule has 1 aromatic carbocycles. The van der Waals surface area contributed by atoms with Gasteiger partial charge in [-0.15, -0.1) is 0 Å². The van der Waals surface area contributed by atoms with Gasteiger partial charge in [-0.05, 0) is 59.1 Å². The number of benzene rings is 1. The van der Waals surface area contributed by atoms with E-state index >= 15 is 0 Å². The molecule has 20 heavy (non-hydrogen) atoms. The van der Waals surface area contributed by atoms with Gasteiger partial charge < -0.3 is 9.64 Å². The van der Waals surface area contributed by atoms with Crippen LogP contribution in [0.1, 0.15) is 18.1 Å². The third-order valence-electron chi connectivity index (χ3n) is 3.08. The molecule has 0 aliphatic carbocycles. The van der Waals surface area contributed by atoms with Crippen molar-refractivity contribution in [3.8, 4) is 5.75 Å². The van der Waals surface area contributed by atoms with Gasteiger partial charge in [-0.3, -0.25) is 0 Å². The van der Waals surface area contributed by atoms with E-state index in [1.54, 1.807) is 0 Å². The molecule has 0 saturated carbocycles. The minimum atomic E-state index is 0.696. The second kappa shape index (κ2) is 6.75. The molecule has 0 atom stereocenters. The Bertz CT molecular complexity index is 569. The molecule has 3 nitrogen and oxygen atoms in total. The number of hydrogen-bond acceptors (Lipinski definition) is 3. The van der Waals surface area contributed by atoms with Gasteiger partial charge in [0.2, 0.25) is 0 Å². The first kappa shape index (κ1) is 14.9. The maximum atomic E-state index is 5.45. The van der Waals surface area contributed by atoms with Crippen molar-refractivity contribution in [3.63, 3.8) is 0 Å². The predicted molar refractivity (Wildman–Crippen MR) is 86.4 cm³/mol. The summed E-state index contributed by atoms with van der Waals surface area (Å²) < 4.78 is 6.49. The molecule has 1 heterocycles. The molecule has 2 aromatic rings. The molecule has 0 aliphatic rings. The zero-order chi connectivity index (χ0) is 14.5. The molecule has 0 spiro atoms. The van der Waals surface area contributed by atoms with Crippen molar-refractivity contribution in [2.24, 2.45) is 0 Å². The first-order valence-electron chi connectivity index (χ1n) is 6.65. The Balaban J connectivity index is 2.06. The zero-order valence-corrected chi connectivity index (χ0v) is 13.6. The van der Waals surface area contributed by atoms with Crippen molar-refractivity contribution in [1.29, 1.82) is 0 Å². The highest BCUT2D eigenvalue weighted by molar-refractivity contribution is 9.10. The van der Waals surface area contributed by atoms with Gasteiger partial charge in [-0.25, -0.2) is 4.98 Å². The van der Waals surface area contributed by atoms with Crippen LogP contribution in [-0.2, 0) is 6.54 Å². The van der Waals surface area contributed by atoms with Gasteiger partial charge in [0.05, 0.1) is 6.61 Å². The van der Waals surface area contributed by atoms with Crippen molar-refractivity contribution in [2.45, 2.75) is 20.4 Å². The molecule has 2 rings (SSSR count). The number of rotatable bonds is 5. The molecule has 0 radical (unpaired) electrons. The summed E-state index contributed by atoms with van der Waals surface area (Å²) in [6.45, 7) is 5.57. The third kappa shape index (κ3) is 3.73. The van der Waals surface area contributed by atoms with Crippen LogP contribution in [-0.4, -0.2) is 18.6 Å². The fourth-order valence-electron chi connectivity index (χ4n) is 1.95. The Hall–Kier alpha value is -1.55. The quantitative estimate of drug-likeness (QED) is 0.819. The first-order valence-corrected chi connectivity index (χ1v) is 7.44. The highest BCUT2D eigenvalue weighted by Gasteiger charge is 2.05. The van der Waals surface area contributed by atoms with E-state index in [-0.39, 0.29) is 0 Å². The fourth-order valence-corrected chi connectivity index (χ4v) is 2.16. The molecular formula is C16H19BrN2O. The van der Waals surface area contributed by atoms with Crippen LogP contribution in [0.3, 0.4) is 0 Å². The van der Waals surface area contributed by atoms with Gasteiger partial charge in [0, 0.05) is 24.3 Å². The normalized spacial score (nSPS) is 10.4. The van der Waals surface area contributed by atoms with Gasteiger partial charge in [0.15, 0.2) is 0 Å². The fraction of sp³-hybridized carbons (Fsp3) is 0.312. The number of nitrogens with zero attached hydrogens (tertiary/aromatic N) is 2. The minimum absolute atomic E-state index is 0.696. The minimum Gasteiger partial charge on any atom is -0.494 e. The van der Waals surface area contributed by atoms with Gasteiger partial charge in [0.1, 0.15) is 11.6 Å². The molecule has 0 aliphatic heterocycles. The number of ether oxygens (including phenoxy) is 1. The summed E-state index contributed by atoms with van der Waals surface area (Å²) in [4.78, 5) is 6.57. The van der Waals surface area contributed by atoms with Crippen molar-refractivity contribution >= 4 is 21.7 Å². The van der Waals surface area contributed by atoms with E-state index in [2.05, 4.69) is 50.9 Å². The third-order valence-corrected chi connectivity index (χ3v) is 3.91. The van der Waals surface area contributed by atoms with Crippen molar-refractivity contribution in [3.05, 3.63) is 52.1 Å². The van der Waals surface area contributed by atoms with E-state index in [0.29, 0.717) is 6.61 Å². The van der Waals surface area contributed by atoms with Gasteiger partial charge >= 0.3 is 0 Å². The molecule has 0 N–H and O–H groups in total. The smallest absolute Gasteiger partial charge is 0.128 e. The largest absolute Gasteiger partial charge is 0.494 e. The summed E-state index contributed by atoms with van der Waals surface area (Å²) in [7, 11) is 2.05. The van der Waals surface area contributed by atoms with Crippen LogP contribution in [0.2, 0.25) is 0 Å². The van der Waals surface area contributed by atoms with E-state index in [1.807, 2.05) is 32.3 Å². The Kier molecular flexibility index (Phi) is 5.01. The predicted octanol–water partition coefficient (Wildman–Crippen LogP) is 4.19. The Labute approximate surface area is 128 Å². The number of aromatic nitrogens is 1. The van der Waals surface area contributed by atoms with Crippen LogP contribution in [0.4, 0.5) is 5.82 Å². The molecule has 0 saturated heterocycles. The summed E-state index contributed by atoms with van der Waals surface area (Å²) in [5.74, 6) is 1.89.